The fourth-order valence-electron chi connectivity index (χ4n) is 3.02. The van der Waals surface area contributed by atoms with E-state index < -0.39 is 0 Å². The molecule has 2 aromatic carbocycles. The Balaban J connectivity index is 1.71. The van der Waals surface area contributed by atoms with Crippen molar-refractivity contribution in [2.75, 3.05) is 0 Å². The van der Waals surface area contributed by atoms with Crippen molar-refractivity contribution in [2.45, 2.75) is 38.5 Å². The molecule has 136 valence electrons. The zero-order valence-electron chi connectivity index (χ0n) is 15.9. The van der Waals surface area contributed by atoms with Crippen molar-refractivity contribution >= 4 is 33.3 Å². The van der Waals surface area contributed by atoms with Gasteiger partial charge in [-0.25, -0.2) is 4.98 Å². The molecule has 0 amide bonds. The summed E-state index contributed by atoms with van der Waals surface area (Å²) in [6.45, 7) is 8.42. The summed E-state index contributed by atoms with van der Waals surface area (Å²) in [5, 5.41) is 11.1. The Labute approximate surface area is 167 Å². The minimum Gasteiger partial charge on any atom is -0.238 e. The Hall–Kier alpha value is -2.24. The number of hydrogen-bond donors (Lipinski definition) is 0. The highest BCUT2D eigenvalue weighted by Crippen LogP contribution is 2.36. The summed E-state index contributed by atoms with van der Waals surface area (Å²) >= 11 is 3.41. The van der Waals surface area contributed by atoms with Crippen molar-refractivity contribution in [1.29, 1.82) is 0 Å². The average molecular weight is 392 g/mol. The highest BCUT2D eigenvalue weighted by atomic mass is 32.2. The third-order valence-corrected chi connectivity index (χ3v) is 6.57. The summed E-state index contributed by atoms with van der Waals surface area (Å²) in [4.78, 5) is 4.76. The molecule has 2 aromatic heterocycles. The molecule has 0 saturated carbocycles. The van der Waals surface area contributed by atoms with Gasteiger partial charge in [0.05, 0.1) is 9.71 Å². The first kappa shape index (κ1) is 18.1. The van der Waals surface area contributed by atoms with Gasteiger partial charge in [-0.05, 0) is 38.8 Å². The van der Waals surface area contributed by atoms with E-state index in [1.807, 2.05) is 6.92 Å². The van der Waals surface area contributed by atoms with E-state index in [9.17, 15) is 0 Å². The average Bonchev–Trinajstić information content (AvgIpc) is 3.04. The van der Waals surface area contributed by atoms with Gasteiger partial charge in [0.25, 0.3) is 0 Å². The monoisotopic (exact) mass is 391 g/mol. The van der Waals surface area contributed by atoms with Gasteiger partial charge in [-0.1, -0.05) is 65.4 Å². The number of rotatable bonds is 4. The first-order valence-electron chi connectivity index (χ1n) is 8.91. The zero-order valence-corrected chi connectivity index (χ0v) is 17.5. The van der Waals surface area contributed by atoms with E-state index in [2.05, 4.69) is 73.4 Å². The lowest BCUT2D eigenvalue weighted by Crippen LogP contribution is -1.94. The third kappa shape index (κ3) is 3.75. The summed E-state index contributed by atoms with van der Waals surface area (Å²) < 4.78 is 1.12. The number of fused-ring (bicyclic) bond motifs is 1. The Kier molecular flexibility index (Phi) is 4.98. The molecule has 0 aliphatic heterocycles. The normalized spacial score (nSPS) is 11.3. The van der Waals surface area contributed by atoms with Gasteiger partial charge in [0.2, 0.25) is 0 Å². The van der Waals surface area contributed by atoms with Crippen LogP contribution in [0.3, 0.4) is 0 Å². The predicted molar refractivity (Wildman–Crippen MR) is 116 cm³/mol. The molecule has 0 radical (unpaired) electrons. The van der Waals surface area contributed by atoms with Crippen molar-refractivity contribution in [3.63, 3.8) is 0 Å². The van der Waals surface area contributed by atoms with E-state index in [4.69, 9.17) is 4.98 Å². The molecule has 0 aliphatic carbocycles. The first-order valence-corrected chi connectivity index (χ1v) is 10.7. The second-order valence-electron chi connectivity index (χ2n) is 6.85. The number of aromatic nitrogens is 3. The molecule has 0 aliphatic rings. The van der Waals surface area contributed by atoms with Crippen molar-refractivity contribution < 1.29 is 0 Å². The molecule has 0 saturated heterocycles. The van der Waals surface area contributed by atoms with Crippen molar-refractivity contribution in [1.82, 2.24) is 15.2 Å². The predicted octanol–water partition coefficient (Wildman–Crippen LogP) is 6.28. The molecule has 0 unspecified atom stereocenters. The molecule has 27 heavy (non-hydrogen) atoms. The molecule has 0 atom stereocenters. The summed E-state index contributed by atoms with van der Waals surface area (Å²) in [7, 11) is 0. The van der Waals surface area contributed by atoms with Crippen LogP contribution in [-0.2, 0) is 5.75 Å². The lowest BCUT2D eigenvalue weighted by molar-refractivity contribution is 0.955. The number of thiazole rings is 1. The number of thioether (sulfide) groups is 1. The minimum atomic E-state index is 0.873. The van der Waals surface area contributed by atoms with Crippen LogP contribution >= 0.6 is 23.1 Å². The Morgan fingerprint density at radius 3 is 2.41 bits per heavy atom. The summed E-state index contributed by atoms with van der Waals surface area (Å²) in [5.41, 5.74) is 8.15. The van der Waals surface area contributed by atoms with Crippen LogP contribution in [0.2, 0.25) is 0 Å². The largest absolute Gasteiger partial charge is 0.238 e. The van der Waals surface area contributed by atoms with Crippen molar-refractivity contribution in [3.05, 3.63) is 69.7 Å². The zero-order chi connectivity index (χ0) is 19.0. The van der Waals surface area contributed by atoms with E-state index in [0.717, 1.165) is 37.3 Å². The van der Waals surface area contributed by atoms with Crippen LogP contribution in [0.5, 0.6) is 0 Å². The Morgan fingerprint density at radius 1 is 0.889 bits per heavy atom. The highest BCUT2D eigenvalue weighted by molar-refractivity contribution is 7.98. The van der Waals surface area contributed by atoms with Crippen LogP contribution in [0, 0.1) is 27.7 Å². The van der Waals surface area contributed by atoms with E-state index in [-0.39, 0.29) is 0 Å². The number of aryl methyl sites for hydroxylation is 4. The topological polar surface area (TPSA) is 38.7 Å². The second-order valence-corrected chi connectivity index (χ2v) is 9.02. The highest BCUT2D eigenvalue weighted by Gasteiger charge is 2.16. The smallest absolute Gasteiger partial charge is 0.146 e. The van der Waals surface area contributed by atoms with Crippen molar-refractivity contribution in [3.8, 4) is 11.3 Å². The maximum absolute atomic E-state index is 4.76. The van der Waals surface area contributed by atoms with Gasteiger partial charge in [-0.3, -0.25) is 0 Å². The molecular weight excluding hydrogens is 370 g/mol. The second kappa shape index (κ2) is 7.41. The van der Waals surface area contributed by atoms with E-state index in [1.165, 1.54) is 22.3 Å². The number of benzene rings is 2. The molecule has 2 heterocycles. The molecule has 0 fully saturated rings. The van der Waals surface area contributed by atoms with E-state index in [0.29, 0.717) is 0 Å². The minimum absolute atomic E-state index is 0.873. The lowest BCUT2D eigenvalue weighted by atomic mass is 10.1. The maximum Gasteiger partial charge on any atom is 0.146 e. The SMILES string of the molecule is Cc1ccc(-c2nnc(SCc3cc(C)ccc3C)c3nc(C)sc23)cc1. The lowest BCUT2D eigenvalue weighted by Gasteiger charge is -2.08. The summed E-state index contributed by atoms with van der Waals surface area (Å²) in [6.07, 6.45) is 0. The van der Waals surface area contributed by atoms with Crippen LogP contribution < -0.4 is 0 Å². The summed E-state index contributed by atoms with van der Waals surface area (Å²) in [6, 6.07) is 15.0. The first-order chi connectivity index (χ1) is 13.0. The Bertz CT molecular complexity index is 1110. The van der Waals surface area contributed by atoms with Crippen molar-refractivity contribution in [2.24, 2.45) is 0 Å². The molecular formula is C22H21N3S2. The van der Waals surface area contributed by atoms with E-state index in [1.54, 1.807) is 23.1 Å². The molecule has 4 aromatic rings. The number of hydrogen-bond acceptors (Lipinski definition) is 5. The summed E-state index contributed by atoms with van der Waals surface area (Å²) in [5.74, 6) is 0.873. The van der Waals surface area contributed by atoms with Crippen LogP contribution in [0.15, 0.2) is 47.5 Å². The van der Waals surface area contributed by atoms with Crippen LogP contribution in [-0.4, -0.2) is 15.2 Å². The van der Waals surface area contributed by atoms with E-state index >= 15 is 0 Å². The molecule has 5 heteroatoms. The fourth-order valence-corrected chi connectivity index (χ4v) is 5.00. The third-order valence-electron chi connectivity index (χ3n) is 4.59. The van der Waals surface area contributed by atoms with Gasteiger partial charge in [0.15, 0.2) is 0 Å². The molecule has 0 N–H and O–H groups in total. The van der Waals surface area contributed by atoms with Gasteiger partial charge in [0.1, 0.15) is 16.2 Å². The van der Waals surface area contributed by atoms with Crippen LogP contribution in [0.25, 0.3) is 21.5 Å². The molecule has 3 nitrogen and oxygen atoms in total. The van der Waals surface area contributed by atoms with Gasteiger partial charge < -0.3 is 0 Å². The van der Waals surface area contributed by atoms with Crippen LogP contribution in [0.1, 0.15) is 27.3 Å². The van der Waals surface area contributed by atoms with Gasteiger partial charge in [0, 0.05) is 11.3 Å². The Morgan fingerprint density at radius 2 is 1.63 bits per heavy atom. The fraction of sp³-hybridized carbons (Fsp3) is 0.227. The van der Waals surface area contributed by atoms with Gasteiger partial charge >= 0.3 is 0 Å². The standard InChI is InChI=1S/C22H21N3S2/c1-13-6-9-17(10-7-13)19-21-20(23-16(4)27-21)22(25-24-19)26-12-18-11-14(2)5-8-15(18)3/h5-11H,12H2,1-4H3. The molecule has 4 rings (SSSR count). The molecule has 0 spiro atoms. The number of nitrogens with zero attached hydrogens (tertiary/aromatic N) is 3. The van der Waals surface area contributed by atoms with Crippen LogP contribution in [0.4, 0.5) is 0 Å². The van der Waals surface area contributed by atoms with Gasteiger partial charge in [-0.15, -0.1) is 21.5 Å². The van der Waals surface area contributed by atoms with Gasteiger partial charge in [-0.2, -0.15) is 0 Å². The quantitative estimate of drug-likeness (QED) is 0.384. The maximum atomic E-state index is 4.76. The molecule has 0 bridgehead atoms.